The second kappa shape index (κ2) is 8.74. The van der Waals surface area contributed by atoms with Crippen LogP contribution < -0.4 is 9.64 Å². The zero-order valence-corrected chi connectivity index (χ0v) is 21.0. The fourth-order valence-electron chi connectivity index (χ4n) is 5.59. The molecule has 1 aliphatic carbocycles. The highest BCUT2D eigenvalue weighted by atomic mass is 16.5. The van der Waals surface area contributed by atoms with Crippen LogP contribution >= 0.6 is 0 Å². The molecule has 0 N–H and O–H groups in total. The van der Waals surface area contributed by atoms with E-state index in [1.165, 1.54) is 29.0 Å². The summed E-state index contributed by atoms with van der Waals surface area (Å²) < 4.78 is 6.17. The van der Waals surface area contributed by atoms with Crippen LogP contribution in [0.4, 0.5) is 11.5 Å². The van der Waals surface area contributed by atoms with E-state index < -0.39 is 0 Å². The van der Waals surface area contributed by atoms with Gasteiger partial charge < -0.3 is 9.64 Å². The molecule has 0 bridgehead atoms. The fraction of sp³-hybridized carbons (Fsp3) is 0.448. The number of anilines is 1. The van der Waals surface area contributed by atoms with E-state index in [-0.39, 0.29) is 5.41 Å². The highest BCUT2D eigenvalue weighted by Gasteiger charge is 2.30. The maximum Gasteiger partial charge on any atom is 0.135 e. The molecular weight excluding hydrogens is 434 g/mol. The molecule has 0 unspecified atom stereocenters. The number of ether oxygens (including phenoxy) is 1. The summed E-state index contributed by atoms with van der Waals surface area (Å²) in [6.07, 6.45) is 9.99. The number of benzene rings is 1. The van der Waals surface area contributed by atoms with Crippen molar-refractivity contribution in [1.82, 2.24) is 15.0 Å². The highest BCUT2D eigenvalue weighted by Crippen LogP contribution is 2.39. The second-order valence-electron chi connectivity index (χ2n) is 10.9. The molecule has 0 saturated carbocycles. The Morgan fingerprint density at radius 3 is 2.86 bits per heavy atom. The molecule has 0 atom stereocenters. The van der Waals surface area contributed by atoms with Gasteiger partial charge in [-0.1, -0.05) is 33.3 Å². The van der Waals surface area contributed by atoms with Crippen molar-refractivity contribution in [3.05, 3.63) is 59.3 Å². The Bertz CT molecular complexity index is 1310. The number of pyridine rings is 1. The topological polar surface area (TPSA) is 63.5 Å². The maximum atomic E-state index is 6.17. The Morgan fingerprint density at radius 1 is 1.06 bits per heavy atom. The monoisotopic (exact) mass is 467 g/mol. The van der Waals surface area contributed by atoms with Crippen molar-refractivity contribution in [1.29, 1.82) is 0 Å². The summed E-state index contributed by atoms with van der Waals surface area (Å²) >= 11 is 0. The molecule has 4 heterocycles. The summed E-state index contributed by atoms with van der Waals surface area (Å²) in [5.41, 5.74) is 9.59. The van der Waals surface area contributed by atoms with Crippen LogP contribution in [0.3, 0.4) is 0 Å². The van der Waals surface area contributed by atoms with Gasteiger partial charge in [-0.3, -0.25) is 9.98 Å². The van der Waals surface area contributed by atoms with Gasteiger partial charge in [0.25, 0.3) is 0 Å². The van der Waals surface area contributed by atoms with Gasteiger partial charge in [-0.05, 0) is 54.9 Å². The molecule has 6 nitrogen and oxygen atoms in total. The molecule has 2 aliphatic heterocycles. The minimum atomic E-state index is 0.278. The van der Waals surface area contributed by atoms with Gasteiger partial charge >= 0.3 is 0 Å². The third-order valence-electron chi connectivity index (χ3n) is 7.52. The molecule has 6 rings (SSSR count). The van der Waals surface area contributed by atoms with Crippen LogP contribution in [0.5, 0.6) is 5.75 Å². The van der Waals surface area contributed by atoms with Crippen LogP contribution in [0, 0.1) is 5.41 Å². The van der Waals surface area contributed by atoms with Gasteiger partial charge in [0.05, 0.1) is 17.9 Å². The molecule has 0 saturated heterocycles. The summed E-state index contributed by atoms with van der Waals surface area (Å²) in [5.74, 6) is 2.03. The van der Waals surface area contributed by atoms with Crippen molar-refractivity contribution in [3.63, 3.8) is 0 Å². The molecule has 0 amide bonds. The molecule has 35 heavy (non-hydrogen) atoms. The predicted octanol–water partition coefficient (Wildman–Crippen LogP) is 5.88. The van der Waals surface area contributed by atoms with Crippen molar-refractivity contribution in [2.45, 2.75) is 65.8 Å². The van der Waals surface area contributed by atoms with Crippen LogP contribution in [0.25, 0.3) is 11.1 Å². The summed E-state index contributed by atoms with van der Waals surface area (Å²) in [4.78, 5) is 21.4. The number of rotatable bonds is 4. The van der Waals surface area contributed by atoms with E-state index >= 15 is 0 Å². The molecule has 0 fully saturated rings. The standard InChI is InChI=1S/C29H33N5O/c1-4-5-22-14-25-26(33-22)13-20(16-30-25)19-6-7-27-21(12-19)17-34(10-11-35-27)28-23-15-29(2,3)9-8-24(23)31-18-32-28/h6-7,12-13,16,18H,4-5,8-11,14-15,17H2,1-3H3. The lowest BCUT2D eigenvalue weighted by atomic mass is 9.76. The Labute approximate surface area is 207 Å². The molecule has 180 valence electrons. The van der Waals surface area contributed by atoms with E-state index in [0.29, 0.717) is 6.61 Å². The Balaban J connectivity index is 1.32. The van der Waals surface area contributed by atoms with Gasteiger partial charge in [0.2, 0.25) is 0 Å². The van der Waals surface area contributed by atoms with Crippen molar-refractivity contribution in [2.75, 3.05) is 18.1 Å². The number of aryl methyl sites for hydroxylation is 1. The summed E-state index contributed by atoms with van der Waals surface area (Å²) in [6, 6.07) is 8.68. The summed E-state index contributed by atoms with van der Waals surface area (Å²) in [5, 5.41) is 0. The average molecular weight is 468 g/mol. The Hall–Kier alpha value is -3.28. The van der Waals surface area contributed by atoms with Crippen LogP contribution in [0.1, 0.15) is 62.5 Å². The number of hydrogen-bond donors (Lipinski definition) is 0. The van der Waals surface area contributed by atoms with E-state index in [1.54, 1.807) is 6.33 Å². The van der Waals surface area contributed by atoms with Crippen LogP contribution in [0.2, 0.25) is 0 Å². The number of fused-ring (bicyclic) bond motifs is 3. The van der Waals surface area contributed by atoms with Crippen molar-refractivity contribution < 1.29 is 4.74 Å². The Morgan fingerprint density at radius 2 is 1.97 bits per heavy atom. The van der Waals surface area contributed by atoms with Crippen LogP contribution in [0.15, 0.2) is 41.8 Å². The molecule has 0 spiro atoms. The summed E-state index contributed by atoms with van der Waals surface area (Å²) in [7, 11) is 0. The van der Waals surface area contributed by atoms with E-state index in [1.807, 2.05) is 6.20 Å². The lowest BCUT2D eigenvalue weighted by molar-refractivity contribution is 0.310. The largest absolute Gasteiger partial charge is 0.491 e. The van der Waals surface area contributed by atoms with Gasteiger partial charge in [-0.15, -0.1) is 0 Å². The van der Waals surface area contributed by atoms with Gasteiger partial charge in [0, 0.05) is 47.3 Å². The van der Waals surface area contributed by atoms with E-state index in [2.05, 4.69) is 54.9 Å². The van der Waals surface area contributed by atoms with E-state index in [9.17, 15) is 0 Å². The first-order valence-corrected chi connectivity index (χ1v) is 12.9. The predicted molar refractivity (Wildman–Crippen MR) is 140 cm³/mol. The van der Waals surface area contributed by atoms with Gasteiger partial charge in [0.1, 0.15) is 24.5 Å². The van der Waals surface area contributed by atoms with Crippen molar-refractivity contribution >= 4 is 17.2 Å². The quantitative estimate of drug-likeness (QED) is 0.479. The van der Waals surface area contributed by atoms with Gasteiger partial charge in [0.15, 0.2) is 0 Å². The number of hydrogen-bond acceptors (Lipinski definition) is 6. The molecule has 3 aromatic rings. The highest BCUT2D eigenvalue weighted by molar-refractivity contribution is 5.93. The molecular formula is C29H33N5O. The third-order valence-corrected chi connectivity index (χ3v) is 7.52. The first kappa shape index (κ1) is 22.2. The first-order chi connectivity index (χ1) is 17.0. The zero-order valence-electron chi connectivity index (χ0n) is 21.0. The van der Waals surface area contributed by atoms with Crippen molar-refractivity contribution in [3.8, 4) is 16.9 Å². The number of aromatic nitrogens is 3. The van der Waals surface area contributed by atoms with E-state index in [0.717, 1.165) is 79.3 Å². The number of aliphatic imine (C=N–C) groups is 1. The normalized spacial score (nSPS) is 18.1. The lowest BCUT2D eigenvalue weighted by Crippen LogP contribution is -2.31. The summed E-state index contributed by atoms with van der Waals surface area (Å²) in [6.45, 7) is 9.11. The SMILES string of the molecule is CCCC1=Nc2cc(-c3ccc4c(c3)CN(c3ncnc5c3CC(C)(C)CC5)CCO4)cnc2C1. The van der Waals surface area contributed by atoms with Crippen LogP contribution in [-0.2, 0) is 25.8 Å². The van der Waals surface area contributed by atoms with Gasteiger partial charge in [-0.2, -0.15) is 0 Å². The average Bonchev–Trinajstić information content (AvgIpc) is 3.12. The molecule has 2 aromatic heterocycles. The number of nitrogens with zero attached hydrogens (tertiary/aromatic N) is 5. The van der Waals surface area contributed by atoms with Gasteiger partial charge in [-0.25, -0.2) is 9.97 Å². The third kappa shape index (κ3) is 4.30. The van der Waals surface area contributed by atoms with Crippen molar-refractivity contribution in [2.24, 2.45) is 10.4 Å². The zero-order chi connectivity index (χ0) is 24.0. The molecule has 1 aromatic carbocycles. The lowest BCUT2D eigenvalue weighted by Gasteiger charge is -2.33. The smallest absolute Gasteiger partial charge is 0.135 e. The van der Waals surface area contributed by atoms with Crippen LogP contribution in [-0.4, -0.2) is 33.8 Å². The minimum Gasteiger partial charge on any atom is -0.491 e. The maximum absolute atomic E-state index is 6.17. The second-order valence-corrected chi connectivity index (χ2v) is 10.9. The molecule has 3 aliphatic rings. The minimum absolute atomic E-state index is 0.278. The Kier molecular flexibility index (Phi) is 5.54. The molecule has 6 heteroatoms. The van der Waals surface area contributed by atoms with E-state index in [4.69, 9.17) is 19.7 Å². The first-order valence-electron chi connectivity index (χ1n) is 12.9. The fourth-order valence-corrected chi connectivity index (χ4v) is 5.59. The molecule has 0 radical (unpaired) electrons.